The van der Waals surface area contributed by atoms with Crippen molar-refractivity contribution in [1.29, 1.82) is 0 Å². The molecule has 0 saturated carbocycles. The molecule has 2 fully saturated rings. The summed E-state index contributed by atoms with van der Waals surface area (Å²) in [6.45, 7) is 9.00. The van der Waals surface area contributed by atoms with E-state index in [0.29, 0.717) is 16.5 Å². The van der Waals surface area contributed by atoms with Gasteiger partial charge in [0.2, 0.25) is 5.91 Å². The average Bonchev–Trinajstić information content (AvgIpc) is 3.19. The average molecular weight is 489 g/mol. The van der Waals surface area contributed by atoms with E-state index in [1.54, 1.807) is 24.5 Å². The standard InChI is InChI=1S/C29H36N4O3/c1-28(2)18-24-22(4-3-5-25(24)36-28)20-32-14-9-29(10-15-32)11-16-33(17-12-29)27(35)23-8-13-31-19-21(23)6-7-26(30)34/h3-8,13,19H,9-12,14-18,20H2,1-2H3,(H2,30,34)/b7-6+. The molecule has 190 valence electrons. The lowest BCUT2D eigenvalue weighted by molar-refractivity contribution is -0.113. The lowest BCUT2D eigenvalue weighted by Gasteiger charge is -2.47. The predicted molar refractivity (Wildman–Crippen MR) is 139 cm³/mol. The molecule has 3 aliphatic heterocycles. The molecule has 1 spiro atoms. The van der Waals surface area contributed by atoms with Gasteiger partial charge in [-0.1, -0.05) is 12.1 Å². The first-order valence-electron chi connectivity index (χ1n) is 13.0. The number of fused-ring (bicyclic) bond motifs is 1. The van der Waals surface area contributed by atoms with Gasteiger partial charge in [0.1, 0.15) is 11.4 Å². The molecule has 3 aliphatic rings. The smallest absolute Gasteiger partial charge is 0.254 e. The molecule has 36 heavy (non-hydrogen) atoms. The Hall–Kier alpha value is -3.19. The summed E-state index contributed by atoms with van der Waals surface area (Å²) in [7, 11) is 0. The van der Waals surface area contributed by atoms with Crippen LogP contribution in [0.3, 0.4) is 0 Å². The second-order valence-electron chi connectivity index (χ2n) is 11.2. The fraction of sp³-hybridized carbons (Fsp3) is 0.483. The Morgan fingerprint density at radius 3 is 2.53 bits per heavy atom. The minimum absolute atomic E-state index is 0.00289. The van der Waals surface area contributed by atoms with Crippen molar-refractivity contribution < 1.29 is 14.3 Å². The van der Waals surface area contributed by atoms with E-state index in [1.165, 1.54) is 30.0 Å². The van der Waals surface area contributed by atoms with Crippen molar-refractivity contribution in [3.63, 3.8) is 0 Å². The molecular weight excluding hydrogens is 452 g/mol. The van der Waals surface area contributed by atoms with Gasteiger partial charge in [0.05, 0.1) is 0 Å². The largest absolute Gasteiger partial charge is 0.487 e. The summed E-state index contributed by atoms with van der Waals surface area (Å²) in [6.07, 6.45) is 11.4. The van der Waals surface area contributed by atoms with Crippen LogP contribution in [0.1, 0.15) is 66.6 Å². The van der Waals surface area contributed by atoms with E-state index in [4.69, 9.17) is 10.5 Å². The summed E-state index contributed by atoms with van der Waals surface area (Å²) in [6, 6.07) is 8.19. The van der Waals surface area contributed by atoms with Crippen molar-refractivity contribution in [1.82, 2.24) is 14.8 Å². The van der Waals surface area contributed by atoms with Crippen LogP contribution in [-0.4, -0.2) is 58.4 Å². The highest BCUT2D eigenvalue weighted by molar-refractivity contribution is 5.99. The zero-order chi connectivity index (χ0) is 25.3. The number of amides is 2. The molecule has 2 saturated heterocycles. The van der Waals surface area contributed by atoms with Gasteiger partial charge in [-0.25, -0.2) is 0 Å². The van der Waals surface area contributed by atoms with E-state index in [-0.39, 0.29) is 11.5 Å². The van der Waals surface area contributed by atoms with Crippen LogP contribution in [0.2, 0.25) is 0 Å². The summed E-state index contributed by atoms with van der Waals surface area (Å²) in [5.41, 5.74) is 9.38. The maximum atomic E-state index is 13.3. The Balaban J connectivity index is 1.17. The van der Waals surface area contributed by atoms with Crippen LogP contribution < -0.4 is 10.5 Å². The number of likely N-dealkylation sites (tertiary alicyclic amines) is 2. The monoisotopic (exact) mass is 488 g/mol. The molecule has 2 N–H and O–H groups in total. The van der Waals surface area contributed by atoms with E-state index < -0.39 is 5.91 Å². The molecule has 2 aromatic rings. The number of carbonyl (C=O) groups excluding carboxylic acids is 2. The highest BCUT2D eigenvalue weighted by Gasteiger charge is 2.39. The Morgan fingerprint density at radius 1 is 1.08 bits per heavy atom. The van der Waals surface area contributed by atoms with Crippen molar-refractivity contribution in [3.8, 4) is 5.75 Å². The second kappa shape index (κ2) is 9.69. The molecule has 5 rings (SSSR count). The van der Waals surface area contributed by atoms with Crippen LogP contribution in [-0.2, 0) is 17.8 Å². The topological polar surface area (TPSA) is 88.8 Å². The molecule has 1 aromatic heterocycles. The Kier molecular flexibility index (Phi) is 6.60. The lowest BCUT2D eigenvalue weighted by Crippen LogP contribution is -2.48. The van der Waals surface area contributed by atoms with Gasteiger partial charge in [0, 0.05) is 61.2 Å². The van der Waals surface area contributed by atoms with Crippen LogP contribution in [0.25, 0.3) is 6.08 Å². The van der Waals surface area contributed by atoms with Crippen LogP contribution in [0.15, 0.2) is 42.7 Å². The van der Waals surface area contributed by atoms with Crippen LogP contribution in [0, 0.1) is 5.41 Å². The van der Waals surface area contributed by atoms with Crippen molar-refractivity contribution in [2.75, 3.05) is 26.2 Å². The zero-order valence-corrected chi connectivity index (χ0v) is 21.3. The number of carbonyl (C=O) groups is 2. The first-order chi connectivity index (χ1) is 17.2. The molecule has 0 radical (unpaired) electrons. The van der Waals surface area contributed by atoms with Crippen LogP contribution in [0.4, 0.5) is 0 Å². The predicted octanol–water partition coefficient (Wildman–Crippen LogP) is 3.81. The van der Waals surface area contributed by atoms with Crippen LogP contribution in [0.5, 0.6) is 5.75 Å². The Morgan fingerprint density at radius 2 is 1.81 bits per heavy atom. The zero-order valence-electron chi connectivity index (χ0n) is 21.3. The van der Waals surface area contributed by atoms with E-state index in [0.717, 1.165) is 57.7 Å². The molecule has 7 heteroatoms. The van der Waals surface area contributed by atoms with Crippen LogP contribution >= 0.6 is 0 Å². The van der Waals surface area contributed by atoms with Crippen molar-refractivity contribution >= 4 is 17.9 Å². The number of piperidine rings is 2. The van der Waals surface area contributed by atoms with Gasteiger partial charge in [-0.3, -0.25) is 19.5 Å². The number of benzene rings is 1. The molecule has 0 unspecified atom stereocenters. The van der Waals surface area contributed by atoms with Gasteiger partial charge in [-0.15, -0.1) is 0 Å². The molecule has 4 heterocycles. The summed E-state index contributed by atoms with van der Waals surface area (Å²) < 4.78 is 6.13. The molecule has 0 bridgehead atoms. The summed E-state index contributed by atoms with van der Waals surface area (Å²) in [4.78, 5) is 33.0. The van der Waals surface area contributed by atoms with Gasteiger partial charge < -0.3 is 15.4 Å². The quantitative estimate of drug-likeness (QED) is 0.647. The highest BCUT2D eigenvalue weighted by Crippen LogP contribution is 2.43. The summed E-state index contributed by atoms with van der Waals surface area (Å²) in [5, 5.41) is 0. The number of aromatic nitrogens is 1. The molecule has 2 amide bonds. The minimum Gasteiger partial charge on any atom is -0.487 e. The lowest BCUT2D eigenvalue weighted by atomic mass is 9.71. The third-order valence-electron chi connectivity index (χ3n) is 8.15. The highest BCUT2D eigenvalue weighted by atomic mass is 16.5. The third-order valence-corrected chi connectivity index (χ3v) is 8.15. The van der Waals surface area contributed by atoms with E-state index in [1.807, 2.05) is 4.90 Å². The molecule has 0 aliphatic carbocycles. The van der Waals surface area contributed by atoms with Gasteiger partial charge in [0.15, 0.2) is 0 Å². The number of rotatable bonds is 5. The minimum atomic E-state index is -0.544. The summed E-state index contributed by atoms with van der Waals surface area (Å²) >= 11 is 0. The number of nitrogens with two attached hydrogens (primary N) is 1. The number of primary amides is 1. The third kappa shape index (κ3) is 5.16. The second-order valence-corrected chi connectivity index (χ2v) is 11.2. The number of pyridine rings is 1. The van der Waals surface area contributed by atoms with Crippen molar-refractivity contribution in [2.24, 2.45) is 11.1 Å². The number of hydrogen-bond acceptors (Lipinski definition) is 5. The first kappa shape index (κ1) is 24.5. The van der Waals surface area contributed by atoms with Gasteiger partial charge >= 0.3 is 0 Å². The molecular formula is C29H36N4O3. The SMILES string of the molecule is CC1(C)Cc2c(CN3CCC4(CC3)CCN(C(=O)c3ccncc3/C=C/C(N)=O)CC4)cccc2O1. The van der Waals surface area contributed by atoms with Crippen molar-refractivity contribution in [3.05, 3.63) is 65.0 Å². The van der Waals surface area contributed by atoms with Gasteiger partial charge in [0.25, 0.3) is 5.91 Å². The number of hydrogen-bond donors (Lipinski definition) is 1. The Labute approximate surface area is 213 Å². The van der Waals surface area contributed by atoms with Gasteiger partial charge in [-0.05, 0) is 81.8 Å². The fourth-order valence-corrected chi connectivity index (χ4v) is 6.00. The van der Waals surface area contributed by atoms with E-state index >= 15 is 0 Å². The van der Waals surface area contributed by atoms with E-state index in [9.17, 15) is 9.59 Å². The first-order valence-corrected chi connectivity index (χ1v) is 13.0. The maximum absolute atomic E-state index is 13.3. The maximum Gasteiger partial charge on any atom is 0.254 e. The Bertz CT molecular complexity index is 1170. The van der Waals surface area contributed by atoms with E-state index in [2.05, 4.69) is 41.9 Å². The number of ether oxygens (including phenoxy) is 1. The summed E-state index contributed by atoms with van der Waals surface area (Å²) in [5.74, 6) is 0.500. The number of nitrogens with zero attached hydrogens (tertiary/aromatic N) is 3. The molecule has 1 aromatic carbocycles. The molecule has 0 atom stereocenters. The fourth-order valence-electron chi connectivity index (χ4n) is 6.00. The normalized spacial score (nSPS) is 20.9. The van der Waals surface area contributed by atoms with Crippen molar-refractivity contribution in [2.45, 2.75) is 58.1 Å². The molecule has 7 nitrogen and oxygen atoms in total. The van der Waals surface area contributed by atoms with Gasteiger partial charge in [-0.2, -0.15) is 0 Å².